The van der Waals surface area contributed by atoms with E-state index in [0.717, 1.165) is 0 Å². The van der Waals surface area contributed by atoms with Gasteiger partial charge in [0.1, 0.15) is 0 Å². The third kappa shape index (κ3) is 0.842. The topological polar surface area (TPSA) is 0 Å². The summed E-state index contributed by atoms with van der Waals surface area (Å²) >= 11 is 0. The zero-order chi connectivity index (χ0) is 8.84. The van der Waals surface area contributed by atoms with Crippen LogP contribution < -0.4 is 5.30 Å². The Morgan fingerprint density at radius 2 is 1.38 bits per heavy atom. The highest BCUT2D eigenvalue weighted by Crippen LogP contribution is 2.45. The number of fused-ring (bicyclic) bond motifs is 4. The molecule has 0 aromatic heterocycles. The molecule has 0 aliphatic heterocycles. The molecule has 1 atom stereocenters. The molecule has 2 aromatic carbocycles. The lowest BCUT2D eigenvalue weighted by Crippen LogP contribution is -2.07. The second-order valence-electron chi connectivity index (χ2n) is 3.32. The average Bonchev–Trinajstić information content (AvgIpc) is 2.14. The van der Waals surface area contributed by atoms with Gasteiger partial charge in [-0.1, -0.05) is 42.5 Å². The molecule has 0 saturated heterocycles. The van der Waals surface area contributed by atoms with Crippen LogP contribution in [0.15, 0.2) is 42.5 Å². The van der Waals surface area contributed by atoms with Crippen LogP contribution in [0.25, 0.3) is 22.3 Å². The fraction of sp³-hybridized carbons (Fsp3) is 0. The molecule has 1 heteroatoms. The zero-order valence-electron chi connectivity index (χ0n) is 7.12. The van der Waals surface area contributed by atoms with Crippen molar-refractivity contribution < 1.29 is 0 Å². The lowest BCUT2D eigenvalue weighted by Gasteiger charge is -2.25. The van der Waals surface area contributed by atoms with E-state index >= 15 is 0 Å². The van der Waals surface area contributed by atoms with Crippen LogP contribution in [0.2, 0.25) is 0 Å². The Kier molecular flexibility index (Phi) is 1.36. The van der Waals surface area contributed by atoms with Crippen molar-refractivity contribution in [3.63, 3.8) is 0 Å². The highest BCUT2D eigenvalue weighted by atomic mass is 31.0. The van der Waals surface area contributed by atoms with Crippen molar-refractivity contribution in [2.24, 2.45) is 0 Å². The maximum Gasteiger partial charge on any atom is -0.00272 e. The van der Waals surface area contributed by atoms with Gasteiger partial charge >= 0.3 is 0 Å². The minimum absolute atomic E-state index is 1.30. The van der Waals surface area contributed by atoms with Gasteiger partial charge in [0, 0.05) is 0 Å². The first-order valence-corrected chi connectivity index (χ1v) is 4.94. The third-order valence-electron chi connectivity index (χ3n) is 2.58. The molecule has 1 aliphatic carbocycles. The van der Waals surface area contributed by atoms with Crippen LogP contribution in [0.4, 0.5) is 0 Å². The zero-order valence-corrected chi connectivity index (χ0v) is 8.27. The van der Waals surface area contributed by atoms with Gasteiger partial charge < -0.3 is 0 Å². The van der Waals surface area contributed by atoms with E-state index in [-0.39, 0.29) is 0 Å². The Morgan fingerprint density at radius 3 is 2.23 bits per heavy atom. The van der Waals surface area contributed by atoms with Crippen LogP contribution in [0.3, 0.4) is 0 Å². The Hall–Kier alpha value is -1.13. The van der Waals surface area contributed by atoms with Gasteiger partial charge in [0.05, 0.1) is 0 Å². The van der Waals surface area contributed by atoms with Gasteiger partial charge in [0.25, 0.3) is 0 Å². The molecule has 62 valence electrons. The molecular formula is C12H9P. The maximum atomic E-state index is 2.79. The van der Waals surface area contributed by atoms with E-state index < -0.39 is 0 Å². The monoisotopic (exact) mass is 184 g/mol. The second-order valence-corrected chi connectivity index (χ2v) is 3.94. The lowest BCUT2D eigenvalue weighted by molar-refractivity contribution is 1.55. The summed E-state index contributed by atoms with van der Waals surface area (Å²) in [6.45, 7) is 0. The Morgan fingerprint density at radius 1 is 0.692 bits per heavy atom. The summed E-state index contributed by atoms with van der Waals surface area (Å²) < 4.78 is 0. The minimum atomic E-state index is 1.30. The van der Waals surface area contributed by atoms with E-state index in [0.29, 0.717) is 0 Å². The molecule has 1 unspecified atom stereocenters. The van der Waals surface area contributed by atoms with Crippen molar-refractivity contribution in [3.05, 3.63) is 42.5 Å². The molecule has 0 saturated carbocycles. The smallest absolute Gasteiger partial charge is 0.00272 e. The lowest BCUT2D eigenvalue weighted by atomic mass is 9.81. The summed E-state index contributed by atoms with van der Waals surface area (Å²) in [5, 5.41) is 1.30. The Bertz CT molecular complexity index is 486. The molecule has 13 heavy (non-hydrogen) atoms. The SMILES string of the molecule is Pc1cccc2c1-c1ccccc1-2. The molecule has 3 rings (SSSR count). The highest BCUT2D eigenvalue weighted by molar-refractivity contribution is 7.28. The number of benzene rings is 2. The first-order valence-electron chi connectivity index (χ1n) is 4.36. The van der Waals surface area contributed by atoms with E-state index in [1.807, 2.05) is 0 Å². The van der Waals surface area contributed by atoms with Gasteiger partial charge in [0.2, 0.25) is 0 Å². The van der Waals surface area contributed by atoms with Crippen LogP contribution >= 0.6 is 9.24 Å². The molecule has 0 spiro atoms. The van der Waals surface area contributed by atoms with Crippen LogP contribution in [0.1, 0.15) is 0 Å². The summed E-state index contributed by atoms with van der Waals surface area (Å²) in [5.74, 6) is 0. The van der Waals surface area contributed by atoms with Crippen molar-refractivity contribution in [3.8, 4) is 22.3 Å². The Balaban J connectivity index is 2.35. The summed E-state index contributed by atoms with van der Waals surface area (Å²) in [7, 11) is 2.79. The third-order valence-corrected chi connectivity index (χ3v) is 3.06. The quantitative estimate of drug-likeness (QED) is 0.471. The first kappa shape index (κ1) is 7.29. The van der Waals surface area contributed by atoms with Gasteiger partial charge in [0.15, 0.2) is 0 Å². The summed E-state index contributed by atoms with van der Waals surface area (Å²) in [4.78, 5) is 0. The highest BCUT2D eigenvalue weighted by Gasteiger charge is 2.22. The summed E-state index contributed by atoms with van der Waals surface area (Å²) in [5.41, 5.74) is 5.58. The van der Waals surface area contributed by atoms with Crippen molar-refractivity contribution in [1.29, 1.82) is 0 Å². The van der Waals surface area contributed by atoms with Gasteiger partial charge in [-0.05, 0) is 27.6 Å². The number of rotatable bonds is 0. The van der Waals surface area contributed by atoms with Crippen molar-refractivity contribution in [2.75, 3.05) is 0 Å². The Labute approximate surface area is 79.8 Å². The fourth-order valence-corrected chi connectivity index (χ4v) is 2.39. The van der Waals surface area contributed by atoms with Gasteiger partial charge in [-0.15, -0.1) is 9.24 Å². The van der Waals surface area contributed by atoms with Crippen LogP contribution in [0, 0.1) is 0 Å². The van der Waals surface area contributed by atoms with Gasteiger partial charge in [-0.25, -0.2) is 0 Å². The largest absolute Gasteiger partial charge is 0.105 e. The molecule has 0 N–H and O–H groups in total. The standard InChI is InChI=1S/C12H9P/c13-11-7-3-6-10-8-4-1-2-5-9(8)12(10)11/h1-7H,13H2. The van der Waals surface area contributed by atoms with Crippen LogP contribution in [0.5, 0.6) is 0 Å². The molecule has 0 fully saturated rings. The minimum Gasteiger partial charge on any atom is -0.105 e. The number of hydrogen-bond donors (Lipinski definition) is 0. The maximum absolute atomic E-state index is 2.79. The molecule has 2 aromatic rings. The van der Waals surface area contributed by atoms with Crippen molar-refractivity contribution >= 4 is 14.5 Å². The summed E-state index contributed by atoms with van der Waals surface area (Å²) in [6.07, 6.45) is 0. The summed E-state index contributed by atoms with van der Waals surface area (Å²) in [6, 6.07) is 15.0. The molecule has 0 radical (unpaired) electrons. The van der Waals surface area contributed by atoms with Crippen molar-refractivity contribution in [2.45, 2.75) is 0 Å². The molecular weight excluding hydrogens is 175 g/mol. The van der Waals surface area contributed by atoms with Crippen molar-refractivity contribution in [1.82, 2.24) is 0 Å². The first-order chi connectivity index (χ1) is 6.38. The molecule has 0 amide bonds. The van der Waals surface area contributed by atoms with E-state index in [1.165, 1.54) is 27.6 Å². The predicted octanol–water partition coefficient (Wildman–Crippen LogP) is 2.83. The second kappa shape index (κ2) is 2.43. The van der Waals surface area contributed by atoms with E-state index in [1.54, 1.807) is 0 Å². The normalized spacial score (nSPS) is 11.5. The molecule has 0 heterocycles. The molecule has 1 aliphatic rings. The average molecular weight is 184 g/mol. The van der Waals surface area contributed by atoms with Gasteiger partial charge in [-0.3, -0.25) is 0 Å². The van der Waals surface area contributed by atoms with E-state index in [4.69, 9.17) is 0 Å². The van der Waals surface area contributed by atoms with Crippen LogP contribution in [-0.4, -0.2) is 0 Å². The fourth-order valence-electron chi connectivity index (χ4n) is 1.97. The number of hydrogen-bond acceptors (Lipinski definition) is 0. The molecule has 0 bridgehead atoms. The molecule has 0 nitrogen and oxygen atoms in total. The van der Waals surface area contributed by atoms with Gasteiger partial charge in [-0.2, -0.15) is 0 Å². The van der Waals surface area contributed by atoms with E-state index in [2.05, 4.69) is 51.7 Å². The van der Waals surface area contributed by atoms with E-state index in [9.17, 15) is 0 Å². The van der Waals surface area contributed by atoms with Crippen LogP contribution in [-0.2, 0) is 0 Å². The predicted molar refractivity (Wildman–Crippen MR) is 60.2 cm³/mol.